The second kappa shape index (κ2) is 11.0. The van der Waals surface area contributed by atoms with Gasteiger partial charge in [-0.3, -0.25) is 0 Å². The van der Waals surface area contributed by atoms with Crippen LogP contribution >= 0.6 is 47.0 Å². The molecule has 0 radical (unpaired) electrons. The summed E-state index contributed by atoms with van der Waals surface area (Å²) < 4.78 is 0.790. The maximum Gasteiger partial charge on any atom is 0.0707 e. The molecule has 0 amide bonds. The SMILES string of the molecule is C.C.CC(C)(C)C1(C(C)(C)C)SCCCS1.CC(C)(C)C1(C(C)(C)C)SCCS1. The average molecular weight is 483 g/mol. The van der Waals surface area contributed by atoms with Gasteiger partial charge in [0.2, 0.25) is 0 Å². The van der Waals surface area contributed by atoms with Crippen LogP contribution in [-0.4, -0.2) is 31.2 Å². The summed E-state index contributed by atoms with van der Waals surface area (Å²) in [5.41, 5.74) is 1.52. The normalized spacial score (nSPS) is 21.9. The largest absolute Gasteiger partial charge is 0.143 e. The Balaban J connectivity index is 0. The number of rotatable bonds is 0. The maximum atomic E-state index is 2.39. The number of hydrogen-bond acceptors (Lipinski definition) is 4. The molecule has 2 aliphatic heterocycles. The Morgan fingerprint density at radius 2 is 0.621 bits per heavy atom. The minimum atomic E-state index is 0. The van der Waals surface area contributed by atoms with Crippen LogP contribution in [0.15, 0.2) is 0 Å². The molecule has 0 nitrogen and oxygen atoms in total. The van der Waals surface area contributed by atoms with E-state index in [1.165, 1.54) is 29.4 Å². The van der Waals surface area contributed by atoms with Gasteiger partial charge in [0.05, 0.1) is 8.16 Å². The summed E-state index contributed by atoms with van der Waals surface area (Å²) >= 11 is 8.71. The van der Waals surface area contributed by atoms with Gasteiger partial charge in [-0.25, -0.2) is 0 Å². The molecule has 4 heteroatoms. The second-order valence-electron chi connectivity index (χ2n) is 12.0. The highest BCUT2D eigenvalue weighted by Crippen LogP contribution is 2.63. The smallest absolute Gasteiger partial charge is 0.0707 e. The molecule has 0 aromatic rings. The predicted molar refractivity (Wildman–Crippen MR) is 151 cm³/mol. The zero-order chi connectivity index (χ0) is 21.4. The third-order valence-electron chi connectivity index (χ3n) is 5.54. The summed E-state index contributed by atoms with van der Waals surface area (Å²) in [7, 11) is 0. The van der Waals surface area contributed by atoms with Crippen molar-refractivity contribution >= 4 is 47.0 Å². The summed E-state index contributed by atoms with van der Waals surface area (Å²) in [6.07, 6.45) is 1.38. The van der Waals surface area contributed by atoms with Crippen molar-refractivity contribution in [3.8, 4) is 0 Å². The van der Waals surface area contributed by atoms with Gasteiger partial charge in [-0.15, -0.1) is 47.0 Å². The molecule has 0 aromatic carbocycles. The number of thioether (sulfide) groups is 4. The zero-order valence-corrected chi connectivity index (χ0v) is 23.4. The van der Waals surface area contributed by atoms with Gasteiger partial charge in [-0.2, -0.15) is 0 Å². The minimum absolute atomic E-state index is 0. The first kappa shape index (κ1) is 32.6. The van der Waals surface area contributed by atoms with Gasteiger partial charge in [0.1, 0.15) is 0 Å². The summed E-state index contributed by atoms with van der Waals surface area (Å²) in [4.78, 5) is 0. The first-order chi connectivity index (χ1) is 11.9. The van der Waals surface area contributed by atoms with E-state index in [2.05, 4.69) is 130 Å². The summed E-state index contributed by atoms with van der Waals surface area (Å²) in [6, 6.07) is 0. The van der Waals surface area contributed by atoms with E-state index in [1.54, 1.807) is 0 Å². The van der Waals surface area contributed by atoms with Crippen molar-refractivity contribution in [2.24, 2.45) is 21.7 Å². The van der Waals surface area contributed by atoms with E-state index in [-0.39, 0.29) is 14.9 Å². The maximum absolute atomic E-state index is 2.39. The van der Waals surface area contributed by atoms with E-state index >= 15 is 0 Å². The summed E-state index contributed by atoms with van der Waals surface area (Å²) in [6.45, 7) is 28.6. The Bertz CT molecular complexity index is 425. The molecule has 178 valence electrons. The number of hydrogen-bond donors (Lipinski definition) is 0. The highest BCUT2D eigenvalue weighted by atomic mass is 32.2. The molecule has 0 unspecified atom stereocenters. The van der Waals surface area contributed by atoms with Crippen LogP contribution in [-0.2, 0) is 0 Å². The predicted octanol–water partition coefficient (Wildman–Crippen LogP) is 10.2. The molecule has 2 rings (SSSR count). The second-order valence-corrected chi connectivity index (χ2v) is 17.7. The molecule has 0 aliphatic carbocycles. The van der Waals surface area contributed by atoms with E-state index in [9.17, 15) is 0 Å². The lowest BCUT2D eigenvalue weighted by molar-refractivity contribution is 0.220. The Hall–Kier alpha value is 1.40. The highest BCUT2D eigenvalue weighted by Gasteiger charge is 2.54. The third kappa shape index (κ3) is 6.94. The standard InChI is InChI=1S/C12H24S2.C11H22S2.2CH4/c1-10(2,3)12(11(4,5)6)13-8-7-9-14-12;1-9(2,3)11(10(4,5)6)12-7-8-13-11;;/h7-9H2,1-6H3;7-8H2,1-6H3;2*1H4. The molecule has 2 saturated heterocycles. The van der Waals surface area contributed by atoms with E-state index < -0.39 is 0 Å². The van der Waals surface area contributed by atoms with Gasteiger partial charge >= 0.3 is 0 Å². The van der Waals surface area contributed by atoms with Crippen LogP contribution in [0, 0.1) is 21.7 Å². The molecule has 0 bridgehead atoms. The molecule has 2 aliphatic rings. The van der Waals surface area contributed by atoms with Gasteiger partial charge in [-0.1, -0.05) is 97.9 Å². The Morgan fingerprint density at radius 3 is 0.793 bits per heavy atom. The van der Waals surface area contributed by atoms with Gasteiger partial charge in [0.15, 0.2) is 0 Å². The van der Waals surface area contributed by atoms with Crippen LogP contribution in [0.4, 0.5) is 0 Å². The van der Waals surface area contributed by atoms with Gasteiger partial charge in [0, 0.05) is 11.5 Å². The lowest BCUT2D eigenvalue weighted by Crippen LogP contribution is -2.49. The monoisotopic (exact) mass is 482 g/mol. The van der Waals surface area contributed by atoms with Crippen molar-refractivity contribution in [3.05, 3.63) is 0 Å². The molecule has 2 heterocycles. The van der Waals surface area contributed by atoms with Gasteiger partial charge in [-0.05, 0) is 39.6 Å². The molecular formula is C25H54S4. The Labute approximate surface area is 203 Å². The van der Waals surface area contributed by atoms with Crippen molar-refractivity contribution < 1.29 is 0 Å². The fourth-order valence-electron chi connectivity index (χ4n) is 4.93. The van der Waals surface area contributed by atoms with Crippen LogP contribution in [0.25, 0.3) is 0 Å². The molecule has 2 fully saturated rings. The topological polar surface area (TPSA) is 0 Å². The van der Waals surface area contributed by atoms with Crippen LogP contribution < -0.4 is 0 Å². The van der Waals surface area contributed by atoms with Crippen molar-refractivity contribution in [3.63, 3.8) is 0 Å². The molecule has 0 spiro atoms. The van der Waals surface area contributed by atoms with Crippen molar-refractivity contribution in [1.29, 1.82) is 0 Å². The lowest BCUT2D eigenvalue weighted by atomic mass is 9.76. The fourth-order valence-corrected chi connectivity index (χ4v) is 12.6. The van der Waals surface area contributed by atoms with Gasteiger partial charge < -0.3 is 0 Å². The van der Waals surface area contributed by atoms with Gasteiger partial charge in [0.25, 0.3) is 0 Å². The highest BCUT2D eigenvalue weighted by molar-refractivity contribution is 8.21. The van der Waals surface area contributed by atoms with Crippen molar-refractivity contribution in [2.75, 3.05) is 23.0 Å². The Morgan fingerprint density at radius 1 is 0.414 bits per heavy atom. The fraction of sp³-hybridized carbons (Fsp3) is 1.00. The zero-order valence-electron chi connectivity index (χ0n) is 20.2. The average Bonchev–Trinajstić information content (AvgIpc) is 2.97. The van der Waals surface area contributed by atoms with Crippen molar-refractivity contribution in [2.45, 2.75) is 113 Å². The van der Waals surface area contributed by atoms with Crippen LogP contribution in [0.3, 0.4) is 0 Å². The third-order valence-corrected chi connectivity index (χ3v) is 15.5. The summed E-state index contributed by atoms with van der Waals surface area (Å²) in [5, 5.41) is 0. The first-order valence-electron chi connectivity index (χ1n) is 10.5. The minimum Gasteiger partial charge on any atom is -0.143 e. The lowest BCUT2D eigenvalue weighted by Gasteiger charge is -2.54. The quantitative estimate of drug-likeness (QED) is 0.336. The van der Waals surface area contributed by atoms with Crippen LogP contribution in [0.5, 0.6) is 0 Å². The van der Waals surface area contributed by atoms with E-state index in [4.69, 9.17) is 0 Å². The van der Waals surface area contributed by atoms with Crippen molar-refractivity contribution in [1.82, 2.24) is 0 Å². The van der Waals surface area contributed by atoms with Crippen LogP contribution in [0.1, 0.15) is 104 Å². The first-order valence-corrected chi connectivity index (χ1v) is 14.4. The molecule has 0 saturated carbocycles. The molecule has 0 aromatic heterocycles. The molecule has 29 heavy (non-hydrogen) atoms. The molecular weight excluding hydrogens is 429 g/mol. The Kier molecular flexibility index (Phi) is 12.4. The van der Waals surface area contributed by atoms with E-state index in [0.717, 1.165) is 0 Å². The van der Waals surface area contributed by atoms with E-state index in [1.807, 2.05) is 0 Å². The molecule has 0 N–H and O–H groups in total. The molecule has 0 atom stereocenters. The van der Waals surface area contributed by atoms with E-state index in [0.29, 0.717) is 29.8 Å². The van der Waals surface area contributed by atoms with Crippen LogP contribution in [0.2, 0.25) is 0 Å². The summed E-state index contributed by atoms with van der Waals surface area (Å²) in [5.74, 6) is 5.31.